The van der Waals surface area contributed by atoms with Gasteiger partial charge in [0.15, 0.2) is 9.84 Å². The number of quaternary nitrogens is 1. The Balaban J connectivity index is 1.37. The lowest BCUT2D eigenvalue weighted by Gasteiger charge is -2.33. The van der Waals surface area contributed by atoms with Gasteiger partial charge in [0.2, 0.25) is 5.91 Å². The van der Waals surface area contributed by atoms with Crippen molar-refractivity contribution in [1.29, 1.82) is 0 Å². The summed E-state index contributed by atoms with van der Waals surface area (Å²) in [5, 5.41) is 2.57. The average Bonchev–Trinajstić information content (AvgIpc) is 3.02. The number of amides is 1. The van der Waals surface area contributed by atoms with Gasteiger partial charge in [-0.1, -0.05) is 42.5 Å². The maximum absolute atomic E-state index is 12.6. The van der Waals surface area contributed by atoms with E-state index in [1.807, 2.05) is 4.90 Å². The van der Waals surface area contributed by atoms with Crippen molar-refractivity contribution in [2.75, 3.05) is 37.7 Å². The largest absolute Gasteiger partial charge is 0.331 e. The van der Waals surface area contributed by atoms with Crippen molar-refractivity contribution in [3.63, 3.8) is 0 Å². The van der Waals surface area contributed by atoms with Crippen LogP contribution in [-0.2, 0) is 21.2 Å². The minimum Gasteiger partial charge on any atom is -0.331 e. The lowest BCUT2D eigenvalue weighted by atomic mass is 10.0. The lowest BCUT2D eigenvalue weighted by molar-refractivity contribution is -0.917. The van der Waals surface area contributed by atoms with Crippen molar-refractivity contribution in [3.8, 4) is 0 Å². The molecule has 0 saturated carbocycles. The zero-order chi connectivity index (χ0) is 18.1. The molecule has 4 rings (SSSR count). The molecule has 2 aliphatic heterocycles. The van der Waals surface area contributed by atoms with Gasteiger partial charge in [-0.2, -0.15) is 0 Å². The van der Waals surface area contributed by atoms with E-state index in [4.69, 9.17) is 0 Å². The van der Waals surface area contributed by atoms with Gasteiger partial charge in [-0.3, -0.25) is 4.79 Å². The highest BCUT2D eigenvalue weighted by Gasteiger charge is 2.36. The molecule has 0 aliphatic carbocycles. The highest BCUT2D eigenvalue weighted by atomic mass is 32.2. The SMILES string of the molecule is O=C([C@H]1CCS(=O)(=O)C1)N1CC[NH+](Cc2cccc3ccccc23)CC1. The predicted octanol–water partition coefficient (Wildman–Crippen LogP) is 0.502. The van der Waals surface area contributed by atoms with Crippen LogP contribution in [0.15, 0.2) is 42.5 Å². The third-order valence-corrected chi connectivity index (χ3v) is 7.45. The standard InChI is InChI=1S/C20H24N2O3S/c23-20(18-8-13-26(24,25)15-18)22-11-9-21(10-12-22)14-17-6-3-5-16-4-1-2-7-19(16)17/h1-7,18H,8-15H2/p+1/t18-/m0/s1. The van der Waals surface area contributed by atoms with Crippen molar-refractivity contribution in [1.82, 2.24) is 4.90 Å². The Labute approximate surface area is 154 Å². The Morgan fingerprint density at radius 1 is 1.08 bits per heavy atom. The summed E-state index contributed by atoms with van der Waals surface area (Å²) in [4.78, 5) is 15.9. The molecule has 0 radical (unpaired) electrons. The summed E-state index contributed by atoms with van der Waals surface area (Å²) in [6, 6.07) is 14.9. The summed E-state index contributed by atoms with van der Waals surface area (Å²) < 4.78 is 23.2. The first-order valence-electron chi connectivity index (χ1n) is 9.31. The molecule has 2 heterocycles. The van der Waals surface area contributed by atoms with Crippen LogP contribution < -0.4 is 4.90 Å². The summed E-state index contributed by atoms with van der Waals surface area (Å²) >= 11 is 0. The second kappa shape index (κ2) is 7.00. The van der Waals surface area contributed by atoms with E-state index in [-0.39, 0.29) is 23.3 Å². The molecule has 1 amide bonds. The molecule has 1 N–H and O–H groups in total. The molecular formula is C20H25N2O3S+. The molecule has 2 aromatic carbocycles. The molecular weight excluding hydrogens is 348 g/mol. The van der Waals surface area contributed by atoms with Crippen LogP contribution >= 0.6 is 0 Å². The highest BCUT2D eigenvalue weighted by Crippen LogP contribution is 2.21. The van der Waals surface area contributed by atoms with Gasteiger partial charge in [-0.25, -0.2) is 8.42 Å². The summed E-state index contributed by atoms with van der Waals surface area (Å²) in [7, 11) is -3.00. The maximum atomic E-state index is 12.6. The minimum atomic E-state index is -3.00. The first kappa shape index (κ1) is 17.5. The third-order valence-electron chi connectivity index (χ3n) is 5.68. The number of rotatable bonds is 3. The van der Waals surface area contributed by atoms with E-state index in [0.29, 0.717) is 6.42 Å². The molecule has 2 fully saturated rings. The van der Waals surface area contributed by atoms with Crippen LogP contribution in [0.1, 0.15) is 12.0 Å². The normalized spacial score (nSPS) is 23.4. The number of carbonyl (C=O) groups excluding carboxylic acids is 1. The van der Waals surface area contributed by atoms with Gasteiger partial charge in [0.05, 0.1) is 43.6 Å². The maximum Gasteiger partial charge on any atom is 0.227 e. The van der Waals surface area contributed by atoms with Crippen molar-refractivity contribution in [2.24, 2.45) is 5.92 Å². The zero-order valence-electron chi connectivity index (χ0n) is 14.9. The molecule has 138 valence electrons. The summed E-state index contributed by atoms with van der Waals surface area (Å²) in [5.41, 5.74) is 1.35. The van der Waals surface area contributed by atoms with E-state index in [0.717, 1.165) is 32.7 Å². The smallest absolute Gasteiger partial charge is 0.227 e. The molecule has 1 atom stereocenters. The quantitative estimate of drug-likeness (QED) is 0.853. The molecule has 0 spiro atoms. The highest BCUT2D eigenvalue weighted by molar-refractivity contribution is 7.91. The van der Waals surface area contributed by atoms with Gasteiger partial charge < -0.3 is 9.80 Å². The Bertz CT molecular complexity index is 912. The van der Waals surface area contributed by atoms with Gasteiger partial charge >= 0.3 is 0 Å². The molecule has 0 aromatic heterocycles. The summed E-state index contributed by atoms with van der Waals surface area (Å²) in [6.07, 6.45) is 0.490. The molecule has 5 nitrogen and oxygen atoms in total. The Morgan fingerprint density at radius 3 is 2.54 bits per heavy atom. The molecule has 0 unspecified atom stereocenters. The van der Waals surface area contributed by atoms with Crippen molar-refractivity contribution >= 4 is 26.5 Å². The lowest BCUT2D eigenvalue weighted by Crippen LogP contribution is -3.13. The summed E-state index contributed by atoms with van der Waals surface area (Å²) in [5.74, 6) is -0.0835. The molecule has 2 aromatic rings. The van der Waals surface area contributed by atoms with E-state index in [1.165, 1.54) is 21.2 Å². The van der Waals surface area contributed by atoms with Gasteiger partial charge in [0.25, 0.3) is 0 Å². The van der Waals surface area contributed by atoms with Crippen LogP contribution in [0.4, 0.5) is 0 Å². The number of carbonyl (C=O) groups is 1. The number of benzene rings is 2. The fourth-order valence-electron chi connectivity index (χ4n) is 4.18. The van der Waals surface area contributed by atoms with Crippen LogP contribution in [0.5, 0.6) is 0 Å². The Morgan fingerprint density at radius 2 is 1.81 bits per heavy atom. The van der Waals surface area contributed by atoms with Crippen molar-refractivity contribution in [3.05, 3.63) is 48.0 Å². The Hall–Kier alpha value is -1.92. The van der Waals surface area contributed by atoms with E-state index in [1.54, 1.807) is 0 Å². The molecule has 0 bridgehead atoms. The molecule has 6 heteroatoms. The van der Waals surface area contributed by atoms with Gasteiger partial charge in [0.1, 0.15) is 6.54 Å². The van der Waals surface area contributed by atoms with Crippen LogP contribution in [0.25, 0.3) is 10.8 Å². The fourth-order valence-corrected chi connectivity index (χ4v) is 5.92. The van der Waals surface area contributed by atoms with E-state index >= 15 is 0 Å². The monoisotopic (exact) mass is 373 g/mol. The number of nitrogens with zero attached hydrogens (tertiary/aromatic N) is 1. The van der Waals surface area contributed by atoms with Crippen LogP contribution in [0.3, 0.4) is 0 Å². The summed E-state index contributed by atoms with van der Waals surface area (Å²) in [6.45, 7) is 4.22. The number of sulfone groups is 1. The second-order valence-electron chi connectivity index (χ2n) is 7.49. The molecule has 2 aliphatic rings. The Kier molecular flexibility index (Phi) is 4.71. The number of fused-ring (bicyclic) bond motifs is 1. The zero-order valence-corrected chi connectivity index (χ0v) is 15.7. The van der Waals surface area contributed by atoms with Crippen LogP contribution in [0, 0.1) is 5.92 Å². The number of piperazine rings is 1. The first-order chi connectivity index (χ1) is 12.5. The van der Waals surface area contributed by atoms with Gasteiger partial charge in [-0.15, -0.1) is 0 Å². The third kappa shape index (κ3) is 3.62. The van der Waals surface area contributed by atoms with E-state index < -0.39 is 9.84 Å². The number of nitrogens with one attached hydrogen (secondary N) is 1. The number of hydrogen-bond donors (Lipinski definition) is 1. The van der Waals surface area contributed by atoms with Gasteiger partial charge in [-0.05, 0) is 17.2 Å². The number of hydrogen-bond acceptors (Lipinski definition) is 3. The van der Waals surface area contributed by atoms with Gasteiger partial charge in [0, 0.05) is 5.56 Å². The molecule has 2 saturated heterocycles. The second-order valence-corrected chi connectivity index (χ2v) is 9.72. The van der Waals surface area contributed by atoms with Crippen LogP contribution in [0.2, 0.25) is 0 Å². The van der Waals surface area contributed by atoms with E-state index in [9.17, 15) is 13.2 Å². The molecule has 26 heavy (non-hydrogen) atoms. The average molecular weight is 373 g/mol. The fraction of sp³-hybridized carbons (Fsp3) is 0.450. The van der Waals surface area contributed by atoms with Crippen LogP contribution in [-0.4, -0.2) is 56.9 Å². The van der Waals surface area contributed by atoms with Crippen molar-refractivity contribution in [2.45, 2.75) is 13.0 Å². The first-order valence-corrected chi connectivity index (χ1v) is 11.1. The topological polar surface area (TPSA) is 58.9 Å². The van der Waals surface area contributed by atoms with E-state index in [2.05, 4.69) is 42.5 Å². The predicted molar refractivity (Wildman–Crippen MR) is 102 cm³/mol. The van der Waals surface area contributed by atoms with Crippen molar-refractivity contribution < 1.29 is 18.1 Å². The minimum absolute atomic E-state index is 0.0366.